The zero-order chi connectivity index (χ0) is 24.0. The lowest BCUT2D eigenvalue weighted by molar-refractivity contribution is -0.0988. The van der Waals surface area contributed by atoms with E-state index in [0.717, 1.165) is 6.92 Å². The minimum atomic E-state index is -5.78. The molecule has 21 heteroatoms. The van der Waals surface area contributed by atoms with Crippen LogP contribution in [0, 0.1) is 5.82 Å². The summed E-state index contributed by atoms with van der Waals surface area (Å²) in [5.74, 6) is -1.91. The Morgan fingerprint density at radius 1 is 1.26 bits per heavy atom. The molecule has 31 heavy (non-hydrogen) atoms. The second kappa shape index (κ2) is 8.68. The fraction of sp³-hybridized carbons (Fsp3) is 0.600. The van der Waals surface area contributed by atoms with Gasteiger partial charge in [-0.25, -0.2) is 22.9 Å². The molecule has 0 bridgehead atoms. The van der Waals surface area contributed by atoms with Crippen LogP contribution in [0.3, 0.4) is 0 Å². The molecule has 1 aromatic rings. The summed E-state index contributed by atoms with van der Waals surface area (Å²) in [6.07, 6.45) is -4.89. The molecule has 6 atom stereocenters. The predicted octanol–water partition coefficient (Wildman–Crippen LogP) is -1.68. The van der Waals surface area contributed by atoms with Gasteiger partial charge >= 0.3 is 29.2 Å². The van der Waals surface area contributed by atoms with Crippen LogP contribution in [0.2, 0.25) is 0 Å². The summed E-state index contributed by atoms with van der Waals surface area (Å²) in [7, 11) is -16.9. The number of anilines is 1. The molecule has 0 amide bonds. The van der Waals surface area contributed by atoms with Gasteiger partial charge in [-0.15, -0.1) is 0 Å². The van der Waals surface area contributed by atoms with E-state index in [1.807, 2.05) is 0 Å². The average molecular weight is 515 g/mol. The van der Waals surface area contributed by atoms with Gasteiger partial charge in [0.1, 0.15) is 17.8 Å². The van der Waals surface area contributed by atoms with Crippen molar-refractivity contribution in [3.05, 3.63) is 22.5 Å². The lowest BCUT2D eigenvalue weighted by Gasteiger charge is -2.27. The minimum absolute atomic E-state index is 0.444. The van der Waals surface area contributed by atoms with Crippen molar-refractivity contribution < 1.29 is 65.8 Å². The van der Waals surface area contributed by atoms with Gasteiger partial charge in [-0.2, -0.15) is 13.6 Å². The van der Waals surface area contributed by atoms with Crippen molar-refractivity contribution in [2.24, 2.45) is 0 Å². The third kappa shape index (κ3) is 6.46. The fourth-order valence-corrected chi connectivity index (χ4v) is 5.50. The van der Waals surface area contributed by atoms with E-state index in [1.54, 1.807) is 0 Å². The van der Waals surface area contributed by atoms with Crippen LogP contribution in [0.1, 0.15) is 13.2 Å². The third-order valence-electron chi connectivity index (χ3n) is 3.76. The Labute approximate surface area is 171 Å². The smallest absolute Gasteiger partial charge is 0.387 e. The number of aromatic nitrogens is 2. The number of halogens is 1. The first-order valence-electron chi connectivity index (χ1n) is 7.73. The topological polar surface area (TPSA) is 270 Å². The average Bonchev–Trinajstić information content (AvgIpc) is 2.76. The van der Waals surface area contributed by atoms with Crippen molar-refractivity contribution >= 4 is 29.3 Å². The molecule has 0 aliphatic carbocycles. The number of rotatable bonds is 8. The van der Waals surface area contributed by atoms with Crippen LogP contribution in [-0.4, -0.2) is 63.8 Å². The van der Waals surface area contributed by atoms with Crippen molar-refractivity contribution in [1.82, 2.24) is 9.55 Å². The highest BCUT2D eigenvalue weighted by atomic mass is 31.3. The van der Waals surface area contributed by atoms with Gasteiger partial charge in [0.05, 0.1) is 12.8 Å². The van der Waals surface area contributed by atoms with E-state index in [4.69, 9.17) is 25.2 Å². The van der Waals surface area contributed by atoms with Crippen molar-refractivity contribution in [2.75, 3.05) is 12.3 Å². The zero-order valence-electron chi connectivity index (χ0n) is 15.2. The van der Waals surface area contributed by atoms with Gasteiger partial charge in [0.25, 0.3) is 0 Å². The second-order valence-corrected chi connectivity index (χ2v) is 10.7. The molecule has 178 valence electrons. The molecular formula is C10H17FN3O14P3. The van der Waals surface area contributed by atoms with Crippen molar-refractivity contribution in [2.45, 2.75) is 31.0 Å². The molecule has 1 aliphatic rings. The Hall–Kier alpha value is -1.10. The number of nitrogens with two attached hydrogens (primary N) is 1. The van der Waals surface area contributed by atoms with Crippen molar-refractivity contribution in [1.29, 1.82) is 0 Å². The quantitative estimate of drug-likeness (QED) is 0.190. The van der Waals surface area contributed by atoms with Crippen LogP contribution in [-0.2, 0) is 31.6 Å². The highest BCUT2D eigenvalue weighted by Crippen LogP contribution is 2.66. The number of nitrogen functional groups attached to an aromatic ring is 1. The van der Waals surface area contributed by atoms with Gasteiger partial charge in [-0.3, -0.25) is 9.09 Å². The molecule has 1 aliphatic heterocycles. The van der Waals surface area contributed by atoms with E-state index in [-0.39, 0.29) is 0 Å². The van der Waals surface area contributed by atoms with Crippen LogP contribution in [0.15, 0.2) is 11.0 Å². The SMILES string of the molecule is C[C@@]1(O)[C@H](O)[C@@H](COP(=O)(O)OP(=O)(O)OP(=O)(O)O)O[C@H]1n1cc(F)c(N)nc1=O. The third-order valence-corrected chi connectivity index (χ3v) is 7.56. The highest BCUT2D eigenvalue weighted by molar-refractivity contribution is 7.66. The molecule has 8 N–H and O–H groups in total. The van der Waals surface area contributed by atoms with Crippen LogP contribution >= 0.6 is 23.5 Å². The number of aliphatic hydroxyl groups is 2. The predicted molar refractivity (Wildman–Crippen MR) is 93.2 cm³/mol. The Balaban J connectivity index is 2.16. The molecule has 2 unspecified atom stereocenters. The van der Waals surface area contributed by atoms with E-state index in [9.17, 15) is 38.0 Å². The molecule has 0 radical (unpaired) electrons. The number of phosphoric ester groups is 1. The Kier molecular flexibility index (Phi) is 7.33. The molecule has 2 rings (SSSR count). The van der Waals surface area contributed by atoms with E-state index in [1.165, 1.54) is 0 Å². The van der Waals surface area contributed by atoms with Gasteiger partial charge in [0, 0.05) is 0 Å². The minimum Gasteiger partial charge on any atom is -0.387 e. The van der Waals surface area contributed by atoms with Crippen LogP contribution < -0.4 is 11.4 Å². The number of phosphoric acid groups is 3. The Morgan fingerprint density at radius 3 is 2.39 bits per heavy atom. The largest absolute Gasteiger partial charge is 0.490 e. The van der Waals surface area contributed by atoms with Crippen LogP contribution in [0.5, 0.6) is 0 Å². The summed E-state index contributed by atoms with van der Waals surface area (Å²) in [6.45, 7) is -0.162. The molecule has 0 aromatic carbocycles. The molecule has 17 nitrogen and oxygen atoms in total. The van der Waals surface area contributed by atoms with E-state index in [0.29, 0.717) is 10.8 Å². The summed E-state index contributed by atoms with van der Waals surface area (Å²) in [5, 5.41) is 20.6. The number of aliphatic hydroxyl groups excluding tert-OH is 1. The van der Waals surface area contributed by atoms with E-state index in [2.05, 4.69) is 18.1 Å². The number of nitrogens with zero attached hydrogens (tertiary/aromatic N) is 2. The summed E-state index contributed by atoms with van der Waals surface area (Å²) in [4.78, 5) is 50.5. The summed E-state index contributed by atoms with van der Waals surface area (Å²) in [6, 6.07) is 0. The number of hydrogen-bond donors (Lipinski definition) is 7. The number of ether oxygens (including phenoxy) is 1. The van der Waals surface area contributed by atoms with Gasteiger partial charge in [0.15, 0.2) is 17.9 Å². The summed E-state index contributed by atoms with van der Waals surface area (Å²) >= 11 is 0. The molecule has 0 spiro atoms. The first kappa shape index (κ1) is 26.2. The first-order valence-corrected chi connectivity index (χ1v) is 12.3. The monoisotopic (exact) mass is 515 g/mol. The molecular weight excluding hydrogens is 498 g/mol. The highest BCUT2D eigenvalue weighted by Gasteiger charge is 2.54. The Bertz CT molecular complexity index is 1040. The van der Waals surface area contributed by atoms with Crippen molar-refractivity contribution in [3.63, 3.8) is 0 Å². The molecule has 0 saturated carbocycles. The van der Waals surface area contributed by atoms with Gasteiger partial charge in [0.2, 0.25) is 0 Å². The number of hydrogen-bond acceptors (Lipinski definition) is 12. The summed E-state index contributed by atoms with van der Waals surface area (Å²) < 4.78 is 64.2. The van der Waals surface area contributed by atoms with Crippen LogP contribution in [0.25, 0.3) is 0 Å². The van der Waals surface area contributed by atoms with Crippen molar-refractivity contribution in [3.8, 4) is 0 Å². The maximum Gasteiger partial charge on any atom is 0.490 e. The maximum atomic E-state index is 13.7. The van der Waals surface area contributed by atoms with Gasteiger partial charge in [-0.1, -0.05) is 0 Å². The zero-order valence-corrected chi connectivity index (χ0v) is 17.8. The lowest BCUT2D eigenvalue weighted by Crippen LogP contribution is -2.46. The Morgan fingerprint density at radius 2 is 1.84 bits per heavy atom. The molecule has 1 fully saturated rings. The molecule has 1 aromatic heterocycles. The normalized spacial score (nSPS) is 30.6. The van der Waals surface area contributed by atoms with E-state index >= 15 is 0 Å². The molecule has 2 heterocycles. The standard InChI is InChI=1S/C10H17FN3O14P3/c1-10(17)6(15)5(26-8(10)14-2-4(11)7(12)13-9(14)16)3-25-30(21,22)28-31(23,24)27-29(18,19)20/h2,5-6,8,15,17H,3H2,1H3,(H,21,22)(H,23,24)(H2,12,13,16)(H2,18,19,20)/t5-,6-,8-,10-/m1/s1. The fourth-order valence-electron chi connectivity index (χ4n) is 2.47. The lowest BCUT2D eigenvalue weighted by atomic mass is 9.96. The maximum absolute atomic E-state index is 13.7. The first-order chi connectivity index (χ1) is 13.8. The van der Waals surface area contributed by atoms with Gasteiger partial charge < -0.3 is 40.3 Å². The van der Waals surface area contributed by atoms with E-state index < -0.39 is 71.4 Å². The second-order valence-electron chi connectivity index (χ2n) is 6.25. The summed E-state index contributed by atoms with van der Waals surface area (Å²) in [5.41, 5.74) is 1.66. The molecule has 1 saturated heterocycles. The van der Waals surface area contributed by atoms with Crippen LogP contribution in [0.4, 0.5) is 10.2 Å². The van der Waals surface area contributed by atoms with Gasteiger partial charge in [-0.05, 0) is 6.92 Å².